The highest BCUT2D eigenvalue weighted by Gasteiger charge is 2.08. The molecule has 118 valence electrons. The fourth-order valence-electron chi connectivity index (χ4n) is 2.36. The Morgan fingerprint density at radius 1 is 1.30 bits per heavy atom. The molecule has 5 N–H and O–H groups in total. The fraction of sp³-hybridized carbons (Fsp3) is 0.188. The van der Waals surface area contributed by atoms with Crippen LogP contribution in [0.15, 0.2) is 53.6 Å². The lowest BCUT2D eigenvalue weighted by molar-refractivity contribution is -0.424. The molecule has 2 heterocycles. The first-order valence-corrected chi connectivity index (χ1v) is 7.27. The lowest BCUT2D eigenvalue weighted by Crippen LogP contribution is -2.58. The number of nitrogens with two attached hydrogens (primary N) is 1. The van der Waals surface area contributed by atoms with E-state index in [1.54, 1.807) is 16.9 Å². The standard InChI is InChI=1S/C16H18N6O/c1-21-10-13(8-19-21)14-5-6-15(23)22(20-14)9-11-3-2-4-12(7-11)16(17)18/h2-8,10,16H,9,17-18H2,1H3/p+1. The normalized spacial score (nSPS) is 12.3. The Labute approximate surface area is 133 Å². The summed E-state index contributed by atoms with van der Waals surface area (Å²) in [7, 11) is 1.84. The number of quaternary nitrogens is 1. The second kappa shape index (κ2) is 6.15. The molecule has 0 spiro atoms. The van der Waals surface area contributed by atoms with Crippen LogP contribution in [0.3, 0.4) is 0 Å². The van der Waals surface area contributed by atoms with E-state index in [9.17, 15) is 4.79 Å². The van der Waals surface area contributed by atoms with E-state index in [-0.39, 0.29) is 11.7 Å². The van der Waals surface area contributed by atoms with Gasteiger partial charge in [0.15, 0.2) is 6.17 Å². The molecule has 7 nitrogen and oxygen atoms in total. The lowest BCUT2D eigenvalue weighted by Gasteiger charge is -2.08. The van der Waals surface area contributed by atoms with Gasteiger partial charge in [0.1, 0.15) is 0 Å². The van der Waals surface area contributed by atoms with Gasteiger partial charge in [-0.1, -0.05) is 18.2 Å². The number of hydrogen-bond donors (Lipinski definition) is 2. The molecule has 3 rings (SSSR count). The molecular weight excluding hydrogens is 292 g/mol. The maximum atomic E-state index is 12.1. The molecule has 0 saturated carbocycles. The minimum atomic E-state index is -0.290. The van der Waals surface area contributed by atoms with Crippen LogP contribution < -0.4 is 17.0 Å². The Kier molecular flexibility index (Phi) is 4.05. The van der Waals surface area contributed by atoms with E-state index in [0.717, 1.165) is 16.7 Å². The molecule has 7 heteroatoms. The van der Waals surface area contributed by atoms with Gasteiger partial charge >= 0.3 is 0 Å². The third kappa shape index (κ3) is 3.36. The summed E-state index contributed by atoms with van der Waals surface area (Å²) in [4.78, 5) is 12.1. The van der Waals surface area contributed by atoms with Gasteiger partial charge in [-0.15, -0.1) is 0 Å². The number of aryl methyl sites for hydroxylation is 1. The van der Waals surface area contributed by atoms with E-state index in [2.05, 4.69) is 15.9 Å². The number of aromatic nitrogens is 4. The Bertz CT molecular complexity index is 880. The zero-order chi connectivity index (χ0) is 16.4. The molecule has 0 saturated heterocycles. The van der Waals surface area contributed by atoms with E-state index in [4.69, 9.17) is 5.73 Å². The Hall–Kier alpha value is -2.77. The third-order valence-corrected chi connectivity index (χ3v) is 3.58. The predicted molar refractivity (Wildman–Crippen MR) is 86.1 cm³/mol. The topological polar surface area (TPSA) is 106 Å². The highest BCUT2D eigenvalue weighted by atomic mass is 16.1. The van der Waals surface area contributed by atoms with E-state index >= 15 is 0 Å². The van der Waals surface area contributed by atoms with Gasteiger partial charge in [0, 0.05) is 30.4 Å². The van der Waals surface area contributed by atoms with Crippen molar-refractivity contribution in [2.24, 2.45) is 12.8 Å². The summed E-state index contributed by atoms with van der Waals surface area (Å²) in [6.07, 6.45) is 3.29. The summed E-state index contributed by atoms with van der Waals surface area (Å²) >= 11 is 0. The van der Waals surface area contributed by atoms with Crippen molar-refractivity contribution < 1.29 is 5.73 Å². The second-order valence-electron chi connectivity index (χ2n) is 5.47. The van der Waals surface area contributed by atoms with Crippen LogP contribution in [-0.2, 0) is 13.6 Å². The first-order chi connectivity index (χ1) is 11.0. The van der Waals surface area contributed by atoms with Crippen LogP contribution in [-0.4, -0.2) is 19.6 Å². The zero-order valence-corrected chi connectivity index (χ0v) is 12.9. The van der Waals surface area contributed by atoms with Crippen molar-refractivity contribution in [1.82, 2.24) is 19.6 Å². The van der Waals surface area contributed by atoms with Gasteiger partial charge in [-0.05, 0) is 17.7 Å². The minimum Gasteiger partial charge on any atom is -0.339 e. The molecule has 23 heavy (non-hydrogen) atoms. The highest BCUT2D eigenvalue weighted by molar-refractivity contribution is 5.55. The Balaban J connectivity index is 1.94. The van der Waals surface area contributed by atoms with Crippen molar-refractivity contribution in [3.05, 3.63) is 70.3 Å². The predicted octanol–water partition coefficient (Wildman–Crippen LogP) is -0.109. The van der Waals surface area contributed by atoms with Crippen LogP contribution >= 0.6 is 0 Å². The van der Waals surface area contributed by atoms with Crippen LogP contribution in [0.1, 0.15) is 17.3 Å². The van der Waals surface area contributed by atoms with Crippen molar-refractivity contribution >= 4 is 0 Å². The average molecular weight is 311 g/mol. The molecule has 0 fully saturated rings. The first kappa shape index (κ1) is 15.1. The van der Waals surface area contributed by atoms with Gasteiger partial charge in [-0.25, -0.2) is 4.68 Å². The minimum absolute atomic E-state index is 0.151. The van der Waals surface area contributed by atoms with Crippen LogP contribution in [0.2, 0.25) is 0 Å². The average Bonchev–Trinajstić information content (AvgIpc) is 2.96. The molecule has 0 radical (unpaired) electrons. The van der Waals surface area contributed by atoms with Crippen molar-refractivity contribution in [3.8, 4) is 11.3 Å². The van der Waals surface area contributed by atoms with Crippen molar-refractivity contribution in [2.45, 2.75) is 12.7 Å². The molecular formula is C16H19N6O+. The molecule has 1 unspecified atom stereocenters. The monoisotopic (exact) mass is 311 g/mol. The van der Waals surface area contributed by atoms with Crippen molar-refractivity contribution in [3.63, 3.8) is 0 Å². The van der Waals surface area contributed by atoms with E-state index < -0.39 is 0 Å². The summed E-state index contributed by atoms with van der Waals surface area (Å²) < 4.78 is 3.14. The molecule has 3 aromatic rings. The van der Waals surface area contributed by atoms with E-state index in [1.807, 2.05) is 37.5 Å². The van der Waals surface area contributed by atoms with Crippen LogP contribution in [0.4, 0.5) is 0 Å². The summed E-state index contributed by atoms with van der Waals surface area (Å²) in [6, 6.07) is 10.9. The number of rotatable bonds is 4. The first-order valence-electron chi connectivity index (χ1n) is 7.27. The SMILES string of the molecule is Cn1cc(-c2ccc(=O)n(Cc3cccc(C(N)[NH3+])c3)n2)cn1. The maximum absolute atomic E-state index is 12.1. The molecule has 0 aliphatic heterocycles. The van der Waals surface area contributed by atoms with Gasteiger partial charge in [0.05, 0.1) is 18.4 Å². The van der Waals surface area contributed by atoms with Crippen LogP contribution in [0.25, 0.3) is 11.3 Å². The van der Waals surface area contributed by atoms with Gasteiger partial charge in [-0.3, -0.25) is 15.2 Å². The Morgan fingerprint density at radius 2 is 2.13 bits per heavy atom. The quantitative estimate of drug-likeness (QED) is 0.656. The lowest BCUT2D eigenvalue weighted by atomic mass is 10.1. The van der Waals surface area contributed by atoms with Crippen LogP contribution in [0, 0.1) is 0 Å². The Morgan fingerprint density at radius 3 is 2.83 bits per heavy atom. The molecule has 1 aromatic carbocycles. The largest absolute Gasteiger partial charge is 0.339 e. The molecule has 2 aromatic heterocycles. The smallest absolute Gasteiger partial charge is 0.267 e. The number of nitrogens with zero attached hydrogens (tertiary/aromatic N) is 4. The summed E-state index contributed by atoms with van der Waals surface area (Å²) in [5, 5.41) is 8.56. The maximum Gasteiger partial charge on any atom is 0.267 e. The van der Waals surface area contributed by atoms with Gasteiger partial charge in [0.2, 0.25) is 0 Å². The fourth-order valence-corrected chi connectivity index (χ4v) is 2.36. The summed E-state index contributed by atoms with van der Waals surface area (Å²) in [5.41, 5.74) is 12.9. The third-order valence-electron chi connectivity index (χ3n) is 3.58. The van der Waals surface area contributed by atoms with Crippen LogP contribution in [0.5, 0.6) is 0 Å². The summed E-state index contributed by atoms with van der Waals surface area (Å²) in [6.45, 7) is 0.382. The number of hydrogen-bond acceptors (Lipinski definition) is 4. The second-order valence-corrected chi connectivity index (χ2v) is 5.47. The van der Waals surface area contributed by atoms with Crippen molar-refractivity contribution in [1.29, 1.82) is 0 Å². The number of benzene rings is 1. The molecule has 0 amide bonds. The highest BCUT2D eigenvalue weighted by Crippen LogP contribution is 2.14. The summed E-state index contributed by atoms with van der Waals surface area (Å²) in [5.74, 6) is 0. The van der Waals surface area contributed by atoms with E-state index in [1.165, 1.54) is 10.7 Å². The molecule has 0 aliphatic carbocycles. The van der Waals surface area contributed by atoms with E-state index in [0.29, 0.717) is 12.2 Å². The molecule has 0 bridgehead atoms. The molecule has 1 atom stereocenters. The van der Waals surface area contributed by atoms with Gasteiger partial charge in [0.25, 0.3) is 5.56 Å². The van der Waals surface area contributed by atoms with Crippen molar-refractivity contribution in [2.75, 3.05) is 0 Å². The van der Waals surface area contributed by atoms with Gasteiger partial charge < -0.3 is 5.73 Å². The molecule has 0 aliphatic rings. The van der Waals surface area contributed by atoms with Gasteiger partial charge in [-0.2, -0.15) is 10.2 Å². The zero-order valence-electron chi connectivity index (χ0n) is 12.9.